The second-order valence-electron chi connectivity index (χ2n) is 3.49. The van der Waals surface area contributed by atoms with Crippen LogP contribution in [0, 0.1) is 0 Å². The Labute approximate surface area is 92.4 Å². The van der Waals surface area contributed by atoms with E-state index in [0.717, 1.165) is 0 Å². The lowest BCUT2D eigenvalue weighted by molar-refractivity contribution is -0.125. The van der Waals surface area contributed by atoms with Gasteiger partial charge in [0.1, 0.15) is 11.9 Å². The first-order chi connectivity index (χ1) is 7.47. The largest absolute Gasteiger partial charge is 0.489 e. The fraction of sp³-hybridized carbons (Fsp3) is 0.455. The summed E-state index contributed by atoms with van der Waals surface area (Å²) in [4.78, 5) is 0. The van der Waals surface area contributed by atoms with Crippen LogP contribution in [0.15, 0.2) is 30.3 Å². The molecule has 0 saturated heterocycles. The number of alkyl halides is 3. The lowest BCUT2D eigenvalue weighted by atomic mass is 10.3. The minimum Gasteiger partial charge on any atom is -0.489 e. The average molecular weight is 233 g/mol. The van der Waals surface area contributed by atoms with Crippen molar-refractivity contribution in [1.82, 2.24) is 5.32 Å². The smallest absolute Gasteiger partial charge is 0.401 e. The summed E-state index contributed by atoms with van der Waals surface area (Å²) in [6, 6.07) is 9.00. The van der Waals surface area contributed by atoms with Gasteiger partial charge in [0.05, 0.1) is 6.54 Å². The van der Waals surface area contributed by atoms with Crippen LogP contribution in [0.25, 0.3) is 0 Å². The molecule has 0 radical (unpaired) electrons. The van der Waals surface area contributed by atoms with Gasteiger partial charge in [0, 0.05) is 6.54 Å². The molecule has 2 nitrogen and oxygen atoms in total. The second-order valence-corrected chi connectivity index (χ2v) is 3.49. The molecule has 0 aliphatic heterocycles. The third-order valence-electron chi connectivity index (χ3n) is 1.84. The van der Waals surface area contributed by atoms with E-state index in [0.29, 0.717) is 5.75 Å². The second kappa shape index (κ2) is 5.75. The Kier molecular flexibility index (Phi) is 4.61. The van der Waals surface area contributed by atoms with Gasteiger partial charge in [0.15, 0.2) is 0 Å². The molecule has 0 bridgehead atoms. The average Bonchev–Trinajstić information content (AvgIpc) is 2.17. The highest BCUT2D eigenvalue weighted by molar-refractivity contribution is 5.21. The van der Waals surface area contributed by atoms with Crippen molar-refractivity contribution >= 4 is 0 Å². The number of hydrogen-bond acceptors (Lipinski definition) is 2. The number of para-hydroxylation sites is 1. The molecule has 0 saturated carbocycles. The molecule has 0 aliphatic rings. The van der Waals surface area contributed by atoms with Crippen molar-refractivity contribution in [2.45, 2.75) is 19.2 Å². The molecule has 0 fully saturated rings. The molecule has 0 aliphatic carbocycles. The van der Waals surface area contributed by atoms with Gasteiger partial charge in [0.25, 0.3) is 0 Å². The van der Waals surface area contributed by atoms with E-state index in [4.69, 9.17) is 4.74 Å². The zero-order valence-corrected chi connectivity index (χ0v) is 8.92. The Morgan fingerprint density at radius 1 is 1.25 bits per heavy atom. The van der Waals surface area contributed by atoms with Crippen molar-refractivity contribution in [3.63, 3.8) is 0 Å². The van der Waals surface area contributed by atoms with Gasteiger partial charge in [-0.25, -0.2) is 0 Å². The van der Waals surface area contributed by atoms with E-state index in [1.807, 2.05) is 18.2 Å². The van der Waals surface area contributed by atoms with E-state index < -0.39 is 12.7 Å². The number of benzene rings is 1. The van der Waals surface area contributed by atoms with E-state index in [2.05, 4.69) is 5.32 Å². The monoisotopic (exact) mass is 233 g/mol. The van der Waals surface area contributed by atoms with Crippen LogP contribution in [0.2, 0.25) is 0 Å². The summed E-state index contributed by atoms with van der Waals surface area (Å²) in [7, 11) is 0. The highest BCUT2D eigenvalue weighted by Gasteiger charge is 2.26. The number of hydrogen-bond donors (Lipinski definition) is 1. The van der Waals surface area contributed by atoms with Crippen LogP contribution in [0.5, 0.6) is 5.75 Å². The molecule has 1 atom stereocenters. The number of nitrogens with one attached hydrogen (secondary N) is 1. The summed E-state index contributed by atoms with van der Waals surface area (Å²) in [6.07, 6.45) is -4.48. The van der Waals surface area contributed by atoms with Crippen LogP contribution >= 0.6 is 0 Å². The number of halogens is 3. The molecule has 1 aromatic rings. The maximum Gasteiger partial charge on any atom is 0.401 e. The van der Waals surface area contributed by atoms with Crippen LogP contribution in [-0.2, 0) is 0 Å². The van der Waals surface area contributed by atoms with Crippen LogP contribution in [0.1, 0.15) is 6.92 Å². The molecule has 5 heteroatoms. The van der Waals surface area contributed by atoms with E-state index in [9.17, 15) is 13.2 Å². The Bertz CT molecular complexity index is 300. The molecule has 90 valence electrons. The number of rotatable bonds is 5. The summed E-state index contributed by atoms with van der Waals surface area (Å²) in [5.74, 6) is 0.656. The first kappa shape index (κ1) is 12.8. The normalized spacial score (nSPS) is 13.5. The van der Waals surface area contributed by atoms with Gasteiger partial charge in [-0.1, -0.05) is 18.2 Å². The van der Waals surface area contributed by atoms with Crippen LogP contribution < -0.4 is 10.1 Å². The van der Waals surface area contributed by atoms with Gasteiger partial charge in [-0.3, -0.25) is 0 Å². The van der Waals surface area contributed by atoms with Crippen molar-refractivity contribution in [2.24, 2.45) is 0 Å². The Hall–Kier alpha value is -1.23. The maximum atomic E-state index is 11.8. The Balaban J connectivity index is 2.24. The Morgan fingerprint density at radius 2 is 1.88 bits per heavy atom. The van der Waals surface area contributed by atoms with E-state index >= 15 is 0 Å². The van der Waals surface area contributed by atoms with Crippen molar-refractivity contribution in [3.05, 3.63) is 30.3 Å². The van der Waals surface area contributed by atoms with Gasteiger partial charge in [-0.05, 0) is 19.1 Å². The van der Waals surface area contributed by atoms with Crippen LogP contribution in [0.3, 0.4) is 0 Å². The molecule has 1 unspecified atom stereocenters. The molecule has 16 heavy (non-hydrogen) atoms. The maximum absolute atomic E-state index is 11.8. The lowest BCUT2D eigenvalue weighted by Gasteiger charge is -2.16. The summed E-state index contributed by atoms with van der Waals surface area (Å²) < 4.78 is 40.9. The lowest BCUT2D eigenvalue weighted by Crippen LogP contribution is -2.35. The molecule has 0 spiro atoms. The highest BCUT2D eigenvalue weighted by atomic mass is 19.4. The highest BCUT2D eigenvalue weighted by Crippen LogP contribution is 2.13. The molecule has 1 aromatic carbocycles. The molecular formula is C11H14F3NO. The fourth-order valence-corrected chi connectivity index (χ4v) is 1.19. The summed E-state index contributed by atoms with van der Waals surface area (Å²) in [5, 5.41) is 2.30. The van der Waals surface area contributed by atoms with Crippen molar-refractivity contribution in [2.75, 3.05) is 13.1 Å². The quantitative estimate of drug-likeness (QED) is 0.844. The molecular weight excluding hydrogens is 219 g/mol. The SMILES string of the molecule is CC(CNCC(F)(F)F)Oc1ccccc1. The predicted molar refractivity (Wildman–Crippen MR) is 55.5 cm³/mol. The van der Waals surface area contributed by atoms with Gasteiger partial charge in [0.2, 0.25) is 0 Å². The third kappa shape index (κ3) is 5.60. The van der Waals surface area contributed by atoms with Gasteiger partial charge < -0.3 is 10.1 Å². The predicted octanol–water partition coefficient (Wildman–Crippen LogP) is 2.61. The molecule has 0 heterocycles. The van der Waals surface area contributed by atoms with Crippen molar-refractivity contribution in [1.29, 1.82) is 0 Å². The molecule has 0 amide bonds. The van der Waals surface area contributed by atoms with Crippen LogP contribution in [0.4, 0.5) is 13.2 Å². The van der Waals surface area contributed by atoms with Crippen molar-refractivity contribution < 1.29 is 17.9 Å². The van der Waals surface area contributed by atoms with Crippen LogP contribution in [-0.4, -0.2) is 25.4 Å². The zero-order chi connectivity index (χ0) is 12.0. The first-order valence-electron chi connectivity index (χ1n) is 4.96. The topological polar surface area (TPSA) is 21.3 Å². The fourth-order valence-electron chi connectivity index (χ4n) is 1.19. The van der Waals surface area contributed by atoms with E-state index in [-0.39, 0.29) is 12.6 Å². The molecule has 1 N–H and O–H groups in total. The summed E-state index contributed by atoms with van der Waals surface area (Å²) in [5.41, 5.74) is 0. The standard InChI is InChI=1S/C11H14F3NO/c1-9(7-15-8-11(12,13)14)16-10-5-3-2-4-6-10/h2-6,9,15H,7-8H2,1H3. The minimum absolute atomic E-state index is 0.161. The van der Waals surface area contributed by atoms with Gasteiger partial charge in [-0.15, -0.1) is 0 Å². The zero-order valence-electron chi connectivity index (χ0n) is 8.92. The third-order valence-corrected chi connectivity index (χ3v) is 1.84. The van der Waals surface area contributed by atoms with E-state index in [1.54, 1.807) is 19.1 Å². The molecule has 0 aromatic heterocycles. The van der Waals surface area contributed by atoms with E-state index in [1.165, 1.54) is 0 Å². The summed E-state index contributed by atoms with van der Waals surface area (Å²) >= 11 is 0. The molecule has 1 rings (SSSR count). The summed E-state index contributed by atoms with van der Waals surface area (Å²) in [6.45, 7) is 0.889. The number of ether oxygens (including phenoxy) is 1. The van der Waals surface area contributed by atoms with Gasteiger partial charge >= 0.3 is 6.18 Å². The minimum atomic E-state index is -4.17. The van der Waals surface area contributed by atoms with Gasteiger partial charge in [-0.2, -0.15) is 13.2 Å². The Morgan fingerprint density at radius 3 is 2.44 bits per heavy atom. The first-order valence-corrected chi connectivity index (χ1v) is 4.96. The van der Waals surface area contributed by atoms with Crippen molar-refractivity contribution in [3.8, 4) is 5.75 Å².